The first-order valence-corrected chi connectivity index (χ1v) is 12.3. The van der Waals surface area contributed by atoms with Crippen molar-refractivity contribution in [2.45, 2.75) is 31.7 Å². The molecular weight excluding hydrogens is 446 g/mol. The van der Waals surface area contributed by atoms with Crippen LogP contribution in [0.25, 0.3) is 10.8 Å². The minimum Gasteiger partial charge on any atom is -0.497 e. The molecule has 9 heteroatoms. The van der Waals surface area contributed by atoms with E-state index in [9.17, 15) is 8.42 Å². The summed E-state index contributed by atoms with van der Waals surface area (Å²) in [4.78, 5) is 1.06. The highest BCUT2D eigenvalue weighted by Crippen LogP contribution is 2.36. The fourth-order valence-corrected chi connectivity index (χ4v) is 5.97. The molecule has 0 N–H and O–H groups in total. The number of benzene rings is 2. The summed E-state index contributed by atoms with van der Waals surface area (Å²) in [5, 5.41) is 10.2. The largest absolute Gasteiger partial charge is 0.497 e. The lowest BCUT2D eigenvalue weighted by molar-refractivity contribution is 0.414. The molecule has 0 spiro atoms. The van der Waals surface area contributed by atoms with Crippen LogP contribution in [0.5, 0.6) is 5.75 Å². The SMILES string of the molecule is COc1ccc(N([C@@H](C)c2nnc(-c3cccs3)o2)S(=O)(=O)c2cc(C)ccc2C)cc1. The molecule has 166 valence electrons. The predicted octanol–water partition coefficient (Wildman–Crippen LogP) is 5.38. The zero-order valence-electron chi connectivity index (χ0n) is 18.1. The molecule has 0 aliphatic rings. The van der Waals surface area contributed by atoms with E-state index in [0.717, 1.165) is 10.4 Å². The fourth-order valence-electron chi connectivity index (χ4n) is 3.39. The van der Waals surface area contributed by atoms with E-state index < -0.39 is 16.1 Å². The van der Waals surface area contributed by atoms with Crippen LogP contribution in [0.4, 0.5) is 5.69 Å². The van der Waals surface area contributed by atoms with Crippen molar-refractivity contribution in [2.75, 3.05) is 11.4 Å². The van der Waals surface area contributed by atoms with E-state index in [1.165, 1.54) is 15.6 Å². The summed E-state index contributed by atoms with van der Waals surface area (Å²) in [7, 11) is -2.39. The number of nitrogens with zero attached hydrogens (tertiary/aromatic N) is 3. The van der Waals surface area contributed by atoms with Gasteiger partial charge in [-0.25, -0.2) is 8.42 Å². The van der Waals surface area contributed by atoms with E-state index in [2.05, 4.69) is 10.2 Å². The number of methoxy groups -OCH3 is 1. The first kappa shape index (κ1) is 22.0. The quantitative estimate of drug-likeness (QED) is 0.361. The topological polar surface area (TPSA) is 85.5 Å². The van der Waals surface area contributed by atoms with Crippen LogP contribution in [-0.2, 0) is 10.0 Å². The Balaban J connectivity index is 1.83. The summed E-state index contributed by atoms with van der Waals surface area (Å²) in [6, 6.07) is 15.2. The number of aromatic nitrogens is 2. The van der Waals surface area contributed by atoms with Gasteiger partial charge in [-0.05, 0) is 73.7 Å². The zero-order valence-corrected chi connectivity index (χ0v) is 19.8. The summed E-state index contributed by atoms with van der Waals surface area (Å²) in [5.74, 6) is 1.20. The molecule has 2 aromatic carbocycles. The second-order valence-electron chi connectivity index (χ2n) is 7.37. The van der Waals surface area contributed by atoms with E-state index >= 15 is 0 Å². The van der Waals surface area contributed by atoms with Crippen molar-refractivity contribution in [2.24, 2.45) is 0 Å². The summed E-state index contributed by atoms with van der Waals surface area (Å²) in [5.41, 5.74) is 1.98. The van der Waals surface area contributed by atoms with Crippen LogP contribution in [0.1, 0.15) is 30.0 Å². The molecule has 4 rings (SSSR count). The number of thiophene rings is 1. The van der Waals surface area contributed by atoms with Gasteiger partial charge in [0.2, 0.25) is 5.89 Å². The first-order chi connectivity index (χ1) is 15.3. The number of hydrogen-bond acceptors (Lipinski definition) is 7. The van der Waals surface area contributed by atoms with Crippen molar-refractivity contribution in [1.82, 2.24) is 10.2 Å². The van der Waals surface area contributed by atoms with Crippen molar-refractivity contribution in [3.05, 3.63) is 77.0 Å². The molecule has 4 aromatic rings. The lowest BCUT2D eigenvalue weighted by atomic mass is 10.2. The highest BCUT2D eigenvalue weighted by molar-refractivity contribution is 7.92. The molecule has 0 bridgehead atoms. The molecule has 7 nitrogen and oxygen atoms in total. The summed E-state index contributed by atoms with van der Waals surface area (Å²) in [6.45, 7) is 5.38. The molecular formula is C23H23N3O4S2. The molecule has 0 aliphatic heterocycles. The van der Waals surface area contributed by atoms with Crippen LogP contribution < -0.4 is 9.04 Å². The average molecular weight is 470 g/mol. The second kappa shape index (κ2) is 8.76. The Kier molecular flexibility index (Phi) is 6.03. The third-order valence-electron chi connectivity index (χ3n) is 5.09. The molecule has 0 fully saturated rings. The zero-order chi connectivity index (χ0) is 22.9. The number of ether oxygens (including phenoxy) is 1. The maximum absolute atomic E-state index is 13.9. The van der Waals surface area contributed by atoms with Crippen molar-refractivity contribution < 1.29 is 17.6 Å². The minimum atomic E-state index is -3.95. The molecule has 1 atom stereocenters. The van der Waals surface area contributed by atoms with Gasteiger partial charge < -0.3 is 9.15 Å². The predicted molar refractivity (Wildman–Crippen MR) is 125 cm³/mol. The lowest BCUT2D eigenvalue weighted by Crippen LogP contribution is -2.34. The van der Waals surface area contributed by atoms with Crippen LogP contribution in [0, 0.1) is 13.8 Å². The molecule has 2 aromatic heterocycles. The number of hydrogen-bond donors (Lipinski definition) is 0. The van der Waals surface area contributed by atoms with Gasteiger partial charge in [0.25, 0.3) is 15.9 Å². The highest BCUT2D eigenvalue weighted by atomic mass is 32.2. The molecule has 0 amide bonds. The third-order valence-corrected chi connectivity index (χ3v) is 7.99. The Morgan fingerprint density at radius 1 is 1.06 bits per heavy atom. The van der Waals surface area contributed by atoms with Gasteiger partial charge in [0.1, 0.15) is 11.8 Å². The van der Waals surface area contributed by atoms with E-state index in [1.807, 2.05) is 30.5 Å². The van der Waals surface area contributed by atoms with Crippen molar-refractivity contribution in [3.63, 3.8) is 0 Å². The maximum Gasteiger partial charge on any atom is 0.265 e. The van der Waals surface area contributed by atoms with Crippen molar-refractivity contribution in [1.29, 1.82) is 0 Å². The van der Waals surface area contributed by atoms with Gasteiger partial charge in [0.05, 0.1) is 22.6 Å². The standard InChI is InChI=1S/C23H23N3O4S2/c1-15-7-8-16(2)21(14-15)32(27,28)26(18-9-11-19(29-4)12-10-18)17(3)22-24-25-23(30-22)20-6-5-13-31-20/h5-14,17H,1-4H3/t17-/m0/s1. The van der Waals surface area contributed by atoms with Crippen LogP contribution in [0.2, 0.25) is 0 Å². The Morgan fingerprint density at radius 3 is 2.47 bits per heavy atom. The van der Waals surface area contributed by atoms with Crippen molar-refractivity contribution in [3.8, 4) is 16.5 Å². The van der Waals surface area contributed by atoms with Gasteiger partial charge in [0, 0.05) is 0 Å². The summed E-state index contributed by atoms with van der Waals surface area (Å²) in [6.07, 6.45) is 0. The molecule has 32 heavy (non-hydrogen) atoms. The second-order valence-corrected chi connectivity index (χ2v) is 10.1. The Hall–Kier alpha value is -3.17. The molecule has 2 heterocycles. The number of aryl methyl sites for hydroxylation is 2. The minimum absolute atomic E-state index is 0.207. The highest BCUT2D eigenvalue weighted by Gasteiger charge is 2.34. The van der Waals surface area contributed by atoms with Gasteiger partial charge in [-0.3, -0.25) is 4.31 Å². The van der Waals surface area contributed by atoms with Crippen LogP contribution in [0.3, 0.4) is 0 Å². The van der Waals surface area contributed by atoms with Crippen molar-refractivity contribution >= 4 is 27.0 Å². The molecule has 0 saturated heterocycles. The van der Waals surface area contributed by atoms with Crippen LogP contribution >= 0.6 is 11.3 Å². The summed E-state index contributed by atoms with van der Waals surface area (Å²) < 4.78 is 40.3. The van der Waals surface area contributed by atoms with E-state index in [-0.39, 0.29) is 10.8 Å². The van der Waals surface area contributed by atoms with Gasteiger partial charge in [-0.1, -0.05) is 18.2 Å². The van der Waals surface area contributed by atoms with Gasteiger partial charge in [-0.2, -0.15) is 0 Å². The monoisotopic (exact) mass is 469 g/mol. The third kappa shape index (κ3) is 4.13. The summed E-state index contributed by atoms with van der Waals surface area (Å²) >= 11 is 1.47. The van der Waals surface area contributed by atoms with E-state index in [0.29, 0.717) is 22.9 Å². The maximum atomic E-state index is 13.9. The van der Waals surface area contributed by atoms with Gasteiger partial charge >= 0.3 is 0 Å². The Bertz CT molecular complexity index is 1310. The number of sulfonamides is 1. The lowest BCUT2D eigenvalue weighted by Gasteiger charge is -2.29. The molecule has 0 saturated carbocycles. The normalized spacial score (nSPS) is 12.5. The molecule has 0 radical (unpaired) electrons. The van der Waals surface area contributed by atoms with Crippen LogP contribution in [0.15, 0.2) is 69.3 Å². The van der Waals surface area contributed by atoms with Gasteiger partial charge in [0.15, 0.2) is 0 Å². The van der Waals surface area contributed by atoms with Crippen LogP contribution in [-0.4, -0.2) is 25.7 Å². The van der Waals surface area contributed by atoms with E-state index in [1.54, 1.807) is 57.4 Å². The molecule has 0 aliphatic carbocycles. The smallest absolute Gasteiger partial charge is 0.265 e. The number of rotatable bonds is 7. The van der Waals surface area contributed by atoms with E-state index in [4.69, 9.17) is 9.15 Å². The molecule has 0 unspecified atom stereocenters. The Morgan fingerprint density at radius 2 is 1.81 bits per heavy atom. The average Bonchev–Trinajstić information content (AvgIpc) is 3.48. The first-order valence-electron chi connectivity index (χ1n) is 9.94. The van der Waals surface area contributed by atoms with Gasteiger partial charge in [-0.15, -0.1) is 21.5 Å². The number of anilines is 1. The Labute approximate surface area is 191 Å². The fraction of sp³-hybridized carbons (Fsp3) is 0.217.